The molecule has 1 aromatic heterocycles. The van der Waals surface area contributed by atoms with Gasteiger partial charge in [0, 0.05) is 6.61 Å². The Labute approximate surface area is 102 Å². The van der Waals surface area contributed by atoms with Crippen LogP contribution in [0.15, 0.2) is 34.9 Å². The molecular formula is C12H11NO5. The molecule has 0 atom stereocenters. The lowest BCUT2D eigenvalue weighted by Gasteiger charge is -2.06. The number of hydrogen-bond acceptors (Lipinski definition) is 5. The number of nitrogens with zero attached hydrogens (tertiary/aromatic N) is 1. The van der Waals surface area contributed by atoms with Crippen molar-refractivity contribution in [2.45, 2.75) is 6.42 Å². The summed E-state index contributed by atoms with van der Waals surface area (Å²) >= 11 is 0. The average molecular weight is 249 g/mol. The SMILES string of the molecule is O=C(O)c1coc(Oc2ccccc2CCO)n1. The van der Waals surface area contributed by atoms with Gasteiger partial charge in [-0.3, -0.25) is 0 Å². The molecule has 0 bridgehead atoms. The van der Waals surface area contributed by atoms with Crippen LogP contribution in [-0.4, -0.2) is 27.8 Å². The first-order chi connectivity index (χ1) is 8.70. The number of benzene rings is 1. The second-order valence-corrected chi connectivity index (χ2v) is 3.49. The standard InChI is InChI=1S/C12H11NO5/c14-6-5-8-3-1-2-4-10(8)18-12-13-9(7-17-12)11(15)16/h1-4,7,14H,5-6H2,(H,15,16). The predicted molar refractivity (Wildman–Crippen MR) is 60.8 cm³/mol. The maximum atomic E-state index is 10.6. The lowest BCUT2D eigenvalue weighted by molar-refractivity contribution is 0.0690. The molecule has 6 heteroatoms. The number of carboxylic acid groups (broad SMARTS) is 1. The summed E-state index contributed by atoms with van der Waals surface area (Å²) in [7, 11) is 0. The maximum absolute atomic E-state index is 10.6. The molecule has 0 radical (unpaired) electrons. The van der Waals surface area contributed by atoms with Gasteiger partial charge >= 0.3 is 12.0 Å². The molecule has 2 rings (SSSR count). The van der Waals surface area contributed by atoms with Crippen LogP contribution in [0, 0.1) is 0 Å². The van der Waals surface area contributed by atoms with Gasteiger partial charge in [0.25, 0.3) is 0 Å². The number of para-hydroxylation sites is 1. The number of rotatable bonds is 5. The van der Waals surface area contributed by atoms with E-state index in [1.54, 1.807) is 18.2 Å². The van der Waals surface area contributed by atoms with Gasteiger partial charge in [0.1, 0.15) is 12.0 Å². The zero-order chi connectivity index (χ0) is 13.0. The fourth-order valence-electron chi connectivity index (χ4n) is 1.43. The van der Waals surface area contributed by atoms with Crippen molar-refractivity contribution in [3.8, 4) is 11.8 Å². The Morgan fingerprint density at radius 3 is 2.83 bits per heavy atom. The van der Waals surface area contributed by atoms with E-state index in [9.17, 15) is 4.79 Å². The van der Waals surface area contributed by atoms with Crippen molar-refractivity contribution in [3.05, 3.63) is 41.8 Å². The van der Waals surface area contributed by atoms with Gasteiger partial charge in [-0.2, -0.15) is 4.98 Å². The van der Waals surface area contributed by atoms with Crippen molar-refractivity contribution < 1.29 is 24.2 Å². The molecule has 2 N–H and O–H groups in total. The second kappa shape index (κ2) is 5.33. The molecule has 94 valence electrons. The number of aliphatic hydroxyl groups excluding tert-OH is 1. The van der Waals surface area contributed by atoms with E-state index in [4.69, 9.17) is 19.4 Å². The molecule has 0 saturated heterocycles. The third-order valence-corrected chi connectivity index (χ3v) is 2.25. The van der Waals surface area contributed by atoms with E-state index >= 15 is 0 Å². The van der Waals surface area contributed by atoms with Gasteiger partial charge in [0.2, 0.25) is 0 Å². The van der Waals surface area contributed by atoms with Crippen LogP contribution in [0.1, 0.15) is 16.1 Å². The van der Waals surface area contributed by atoms with E-state index in [0.717, 1.165) is 11.8 Å². The first kappa shape index (κ1) is 12.1. The normalized spacial score (nSPS) is 10.3. The topological polar surface area (TPSA) is 92.8 Å². The highest BCUT2D eigenvalue weighted by atomic mass is 16.6. The summed E-state index contributed by atoms with van der Waals surface area (Å²) < 4.78 is 10.2. The molecule has 0 aliphatic carbocycles. The predicted octanol–water partition coefficient (Wildman–Crippen LogP) is 1.70. The van der Waals surface area contributed by atoms with Crippen LogP contribution >= 0.6 is 0 Å². The van der Waals surface area contributed by atoms with Gasteiger partial charge in [-0.05, 0) is 18.1 Å². The third kappa shape index (κ3) is 2.67. The number of aromatic carboxylic acids is 1. The van der Waals surface area contributed by atoms with Crippen LogP contribution in [-0.2, 0) is 6.42 Å². The third-order valence-electron chi connectivity index (χ3n) is 2.25. The Kier molecular flexibility index (Phi) is 3.59. The quantitative estimate of drug-likeness (QED) is 0.837. The van der Waals surface area contributed by atoms with Crippen LogP contribution < -0.4 is 4.74 Å². The van der Waals surface area contributed by atoms with Crippen LogP contribution in [0.25, 0.3) is 0 Å². The molecule has 0 aliphatic rings. The monoisotopic (exact) mass is 249 g/mol. The van der Waals surface area contributed by atoms with Gasteiger partial charge in [-0.15, -0.1) is 0 Å². The molecule has 0 amide bonds. The smallest absolute Gasteiger partial charge is 0.399 e. The summed E-state index contributed by atoms with van der Waals surface area (Å²) in [5.74, 6) is -0.706. The number of aromatic nitrogens is 1. The molecule has 0 fully saturated rings. The van der Waals surface area contributed by atoms with Crippen LogP contribution in [0.5, 0.6) is 11.8 Å². The fraction of sp³-hybridized carbons (Fsp3) is 0.167. The van der Waals surface area contributed by atoms with Crippen molar-refractivity contribution in [1.82, 2.24) is 4.98 Å². The maximum Gasteiger partial charge on any atom is 0.399 e. The summed E-state index contributed by atoms with van der Waals surface area (Å²) in [6.45, 7) is -0.00761. The first-order valence-corrected chi connectivity index (χ1v) is 5.26. The summed E-state index contributed by atoms with van der Waals surface area (Å²) in [5.41, 5.74) is 0.569. The molecular weight excluding hydrogens is 238 g/mol. The number of ether oxygens (including phenoxy) is 1. The van der Waals surface area contributed by atoms with Crippen molar-refractivity contribution in [3.63, 3.8) is 0 Å². The highest BCUT2D eigenvalue weighted by molar-refractivity contribution is 5.84. The summed E-state index contributed by atoms with van der Waals surface area (Å²) in [6, 6.07) is 7.07. The Morgan fingerprint density at radius 2 is 2.17 bits per heavy atom. The summed E-state index contributed by atoms with van der Waals surface area (Å²) in [6.07, 6.45) is 1.30. The van der Waals surface area contributed by atoms with Crippen molar-refractivity contribution in [1.29, 1.82) is 0 Å². The minimum Gasteiger partial charge on any atom is -0.476 e. The Morgan fingerprint density at radius 1 is 1.39 bits per heavy atom. The van der Waals surface area contributed by atoms with E-state index < -0.39 is 5.97 Å². The summed E-state index contributed by atoms with van der Waals surface area (Å²) in [5, 5.41) is 17.6. The van der Waals surface area contributed by atoms with Crippen LogP contribution in [0.2, 0.25) is 0 Å². The van der Waals surface area contributed by atoms with Gasteiger partial charge in [-0.25, -0.2) is 4.79 Å². The van der Waals surface area contributed by atoms with E-state index in [0.29, 0.717) is 12.2 Å². The Balaban J connectivity index is 2.19. The van der Waals surface area contributed by atoms with E-state index in [-0.39, 0.29) is 18.4 Å². The van der Waals surface area contributed by atoms with E-state index in [2.05, 4.69) is 4.98 Å². The van der Waals surface area contributed by atoms with Gasteiger partial charge in [-0.1, -0.05) is 18.2 Å². The Hall–Kier alpha value is -2.34. The van der Waals surface area contributed by atoms with Crippen molar-refractivity contribution in [2.24, 2.45) is 0 Å². The zero-order valence-electron chi connectivity index (χ0n) is 9.37. The number of aliphatic hydroxyl groups is 1. The highest BCUT2D eigenvalue weighted by Gasteiger charge is 2.13. The van der Waals surface area contributed by atoms with Gasteiger partial charge in [0.15, 0.2) is 5.69 Å². The minimum absolute atomic E-state index is 0.00761. The van der Waals surface area contributed by atoms with E-state index in [1.165, 1.54) is 0 Å². The molecule has 1 aromatic carbocycles. The van der Waals surface area contributed by atoms with Gasteiger partial charge in [0.05, 0.1) is 0 Å². The minimum atomic E-state index is -1.18. The molecule has 0 aliphatic heterocycles. The summed E-state index contributed by atoms with van der Waals surface area (Å²) in [4.78, 5) is 14.3. The molecule has 18 heavy (non-hydrogen) atoms. The fourth-order valence-corrected chi connectivity index (χ4v) is 1.43. The Bertz CT molecular complexity index is 549. The van der Waals surface area contributed by atoms with Crippen LogP contribution in [0.4, 0.5) is 0 Å². The van der Waals surface area contributed by atoms with Gasteiger partial charge < -0.3 is 19.4 Å². The number of carbonyl (C=O) groups is 1. The highest BCUT2D eigenvalue weighted by Crippen LogP contribution is 2.24. The lowest BCUT2D eigenvalue weighted by atomic mass is 10.1. The van der Waals surface area contributed by atoms with Crippen molar-refractivity contribution >= 4 is 5.97 Å². The molecule has 6 nitrogen and oxygen atoms in total. The molecule has 2 aromatic rings. The molecule has 0 unspecified atom stereocenters. The number of hydrogen-bond donors (Lipinski definition) is 2. The number of oxazole rings is 1. The van der Waals surface area contributed by atoms with E-state index in [1.807, 2.05) is 6.07 Å². The largest absolute Gasteiger partial charge is 0.476 e. The number of carboxylic acids is 1. The molecule has 1 heterocycles. The van der Waals surface area contributed by atoms with Crippen molar-refractivity contribution in [2.75, 3.05) is 6.61 Å². The average Bonchev–Trinajstić information content (AvgIpc) is 2.81. The molecule has 0 spiro atoms. The second-order valence-electron chi connectivity index (χ2n) is 3.49. The first-order valence-electron chi connectivity index (χ1n) is 5.26. The zero-order valence-corrected chi connectivity index (χ0v) is 9.37. The lowest BCUT2D eigenvalue weighted by Crippen LogP contribution is -1.97. The van der Waals surface area contributed by atoms with Crippen LogP contribution in [0.3, 0.4) is 0 Å². The molecule has 0 saturated carbocycles.